The maximum atomic E-state index is 11.5. The molecule has 0 aliphatic carbocycles. The van der Waals surface area contributed by atoms with Crippen molar-refractivity contribution in [1.29, 1.82) is 0 Å². The van der Waals surface area contributed by atoms with Gasteiger partial charge in [0.2, 0.25) is 10.0 Å². The monoisotopic (exact) mass is 284 g/mol. The lowest BCUT2D eigenvalue weighted by Gasteiger charge is -2.14. The molecule has 0 saturated heterocycles. The summed E-state index contributed by atoms with van der Waals surface area (Å²) in [7, 11) is -1.58. The molecule has 0 bridgehead atoms. The Labute approximate surface area is 109 Å². The lowest BCUT2D eigenvalue weighted by atomic mass is 10.1. The normalized spacial score (nSPS) is 16.2. The zero-order valence-corrected chi connectivity index (χ0v) is 11.7. The maximum absolute atomic E-state index is 11.5. The number of halogens is 1. The Morgan fingerprint density at radius 3 is 2.88 bits per heavy atom. The van der Waals surface area contributed by atoms with E-state index in [0.717, 1.165) is 25.1 Å². The second kappa shape index (κ2) is 8.88. The van der Waals surface area contributed by atoms with Crippen LogP contribution in [0.5, 0.6) is 0 Å². The topological polar surface area (TPSA) is 67.4 Å². The van der Waals surface area contributed by atoms with Crippen molar-refractivity contribution >= 4 is 22.4 Å². The smallest absolute Gasteiger partial charge is 0.211 e. The van der Waals surface area contributed by atoms with Crippen LogP contribution in [0.4, 0.5) is 0 Å². The van der Waals surface area contributed by atoms with Crippen molar-refractivity contribution in [2.24, 2.45) is 0 Å². The summed E-state index contributed by atoms with van der Waals surface area (Å²) in [5, 5.41) is 3.18. The van der Waals surface area contributed by atoms with Crippen molar-refractivity contribution in [3.05, 3.63) is 11.6 Å². The third-order valence-electron chi connectivity index (χ3n) is 2.44. The van der Waals surface area contributed by atoms with E-state index < -0.39 is 10.0 Å². The average molecular weight is 285 g/mol. The molecule has 1 heterocycles. The van der Waals surface area contributed by atoms with E-state index in [1.807, 2.05) is 6.08 Å². The third-order valence-corrected chi connectivity index (χ3v) is 3.85. The maximum Gasteiger partial charge on any atom is 0.211 e. The zero-order valence-electron chi connectivity index (χ0n) is 10.1. The van der Waals surface area contributed by atoms with Crippen molar-refractivity contribution in [2.75, 3.05) is 39.1 Å². The van der Waals surface area contributed by atoms with Crippen LogP contribution in [0.25, 0.3) is 0 Å². The summed E-state index contributed by atoms with van der Waals surface area (Å²) in [4.78, 5) is 0. The molecule has 1 rings (SSSR count). The first-order chi connectivity index (χ1) is 7.64. The quantitative estimate of drug-likeness (QED) is 0.521. The molecule has 17 heavy (non-hydrogen) atoms. The molecule has 7 heteroatoms. The molecule has 1 aliphatic rings. The van der Waals surface area contributed by atoms with Gasteiger partial charge in [-0.3, -0.25) is 0 Å². The fourth-order valence-corrected chi connectivity index (χ4v) is 2.55. The number of sulfonamides is 1. The Morgan fingerprint density at radius 1 is 1.53 bits per heavy atom. The highest BCUT2D eigenvalue weighted by Crippen LogP contribution is 2.03. The minimum absolute atomic E-state index is 0. The van der Waals surface area contributed by atoms with E-state index in [2.05, 4.69) is 10.0 Å². The van der Waals surface area contributed by atoms with Crippen LogP contribution in [-0.2, 0) is 14.8 Å². The zero-order chi connectivity index (χ0) is 11.9. The molecule has 1 aliphatic heterocycles. The summed E-state index contributed by atoms with van der Waals surface area (Å²) in [6.07, 6.45) is 3.49. The molecule has 0 radical (unpaired) electrons. The molecule has 0 unspecified atom stereocenters. The molecular weight excluding hydrogens is 264 g/mol. The van der Waals surface area contributed by atoms with Crippen molar-refractivity contribution in [1.82, 2.24) is 10.0 Å². The van der Waals surface area contributed by atoms with Crippen molar-refractivity contribution in [2.45, 2.75) is 12.8 Å². The summed E-state index contributed by atoms with van der Waals surface area (Å²) >= 11 is 0. The van der Waals surface area contributed by atoms with Crippen LogP contribution >= 0.6 is 12.4 Å². The van der Waals surface area contributed by atoms with Crippen LogP contribution in [0.15, 0.2) is 11.6 Å². The molecule has 0 aromatic rings. The second-order valence-corrected chi connectivity index (χ2v) is 5.73. The van der Waals surface area contributed by atoms with Gasteiger partial charge >= 0.3 is 0 Å². The lowest BCUT2D eigenvalue weighted by Crippen LogP contribution is -2.31. The number of hydrogen-bond donors (Lipinski definition) is 2. The number of rotatable bonds is 7. The Kier molecular flexibility index (Phi) is 8.81. The van der Waals surface area contributed by atoms with Crippen LogP contribution in [0.3, 0.4) is 0 Å². The highest BCUT2D eigenvalue weighted by atomic mass is 35.5. The van der Waals surface area contributed by atoms with Gasteiger partial charge < -0.3 is 10.1 Å². The van der Waals surface area contributed by atoms with E-state index in [4.69, 9.17) is 4.74 Å². The fourth-order valence-electron chi connectivity index (χ4n) is 1.50. The van der Waals surface area contributed by atoms with E-state index in [1.165, 1.54) is 0 Å². The van der Waals surface area contributed by atoms with E-state index in [1.54, 1.807) is 7.11 Å². The van der Waals surface area contributed by atoms with Crippen LogP contribution in [0.2, 0.25) is 0 Å². The Morgan fingerprint density at radius 2 is 2.29 bits per heavy atom. The molecule has 102 valence electrons. The van der Waals surface area contributed by atoms with Gasteiger partial charge in [0.25, 0.3) is 0 Å². The number of hydrogen-bond acceptors (Lipinski definition) is 4. The first-order valence-corrected chi connectivity index (χ1v) is 7.14. The molecule has 0 fully saturated rings. The first-order valence-electron chi connectivity index (χ1n) is 5.49. The lowest BCUT2D eigenvalue weighted by molar-refractivity contribution is 0.199. The molecule has 0 spiro atoms. The SMILES string of the molecule is COCCCS(=O)(=O)NCC1=CCNCC1.Cl. The number of nitrogens with one attached hydrogen (secondary N) is 2. The Balaban J connectivity index is 0.00000256. The Bertz CT molecular complexity index is 330. The predicted octanol–water partition coefficient (Wildman–Crippen LogP) is 0.284. The van der Waals surface area contributed by atoms with Gasteiger partial charge in [-0.25, -0.2) is 13.1 Å². The van der Waals surface area contributed by atoms with E-state index in [0.29, 0.717) is 19.6 Å². The molecule has 5 nitrogen and oxygen atoms in total. The minimum Gasteiger partial charge on any atom is -0.385 e. The van der Waals surface area contributed by atoms with Crippen LogP contribution < -0.4 is 10.0 Å². The predicted molar refractivity (Wildman–Crippen MR) is 71.1 cm³/mol. The van der Waals surface area contributed by atoms with Gasteiger partial charge in [0.05, 0.1) is 5.75 Å². The van der Waals surface area contributed by atoms with Crippen molar-refractivity contribution < 1.29 is 13.2 Å². The average Bonchev–Trinajstić information content (AvgIpc) is 2.28. The number of ether oxygens (including phenoxy) is 1. The molecule has 0 atom stereocenters. The summed E-state index contributed by atoms with van der Waals surface area (Å²) in [6.45, 7) is 2.68. The molecule has 0 saturated carbocycles. The van der Waals surface area contributed by atoms with E-state index in [9.17, 15) is 8.42 Å². The van der Waals surface area contributed by atoms with Gasteiger partial charge in [-0.1, -0.05) is 11.6 Å². The standard InChI is InChI=1S/C10H20N2O3S.ClH/c1-15-7-2-8-16(13,14)12-9-10-3-5-11-6-4-10;/h3,11-12H,2,4-9H2,1H3;1H. The summed E-state index contributed by atoms with van der Waals surface area (Å²) in [5.74, 6) is 0.131. The van der Waals surface area contributed by atoms with Gasteiger partial charge in [0, 0.05) is 26.8 Å². The summed E-state index contributed by atoms with van der Waals surface area (Å²) < 4.78 is 30.5. The minimum atomic E-state index is -3.14. The van der Waals surface area contributed by atoms with E-state index >= 15 is 0 Å². The molecular formula is C10H21ClN2O3S. The van der Waals surface area contributed by atoms with Gasteiger partial charge in [-0.05, 0) is 19.4 Å². The van der Waals surface area contributed by atoms with Gasteiger partial charge in [0.1, 0.15) is 0 Å². The van der Waals surface area contributed by atoms with Gasteiger partial charge in [-0.15, -0.1) is 12.4 Å². The van der Waals surface area contributed by atoms with Crippen LogP contribution in [0.1, 0.15) is 12.8 Å². The molecule has 0 amide bonds. The Hall–Kier alpha value is -0.140. The largest absolute Gasteiger partial charge is 0.385 e. The van der Waals surface area contributed by atoms with Crippen molar-refractivity contribution in [3.63, 3.8) is 0 Å². The van der Waals surface area contributed by atoms with Crippen molar-refractivity contribution in [3.8, 4) is 0 Å². The molecule has 2 N–H and O–H groups in total. The highest BCUT2D eigenvalue weighted by Gasteiger charge is 2.11. The summed E-state index contributed by atoms with van der Waals surface area (Å²) in [5.41, 5.74) is 1.16. The number of methoxy groups -OCH3 is 1. The third kappa shape index (κ3) is 7.72. The highest BCUT2D eigenvalue weighted by molar-refractivity contribution is 7.89. The van der Waals surface area contributed by atoms with Gasteiger partial charge in [0.15, 0.2) is 0 Å². The van der Waals surface area contributed by atoms with E-state index in [-0.39, 0.29) is 18.2 Å². The molecule has 0 aromatic carbocycles. The summed E-state index contributed by atoms with van der Waals surface area (Å²) in [6, 6.07) is 0. The second-order valence-electron chi connectivity index (χ2n) is 3.80. The van der Waals surface area contributed by atoms with Gasteiger partial charge in [-0.2, -0.15) is 0 Å². The first kappa shape index (κ1) is 16.9. The fraction of sp³-hybridized carbons (Fsp3) is 0.800. The van der Waals surface area contributed by atoms with Crippen LogP contribution in [0, 0.1) is 0 Å². The molecule has 0 aromatic heterocycles. The van der Waals surface area contributed by atoms with Crippen LogP contribution in [-0.4, -0.2) is 47.5 Å².